The van der Waals surface area contributed by atoms with Crippen LogP contribution in [0.1, 0.15) is 39.5 Å². The average molecular weight is 272 g/mol. The molecule has 2 rings (SSSR count). The molecule has 0 spiro atoms. The van der Waals surface area contributed by atoms with Gasteiger partial charge < -0.3 is 5.32 Å². The minimum Gasteiger partial charge on any atom is -0.362 e. The number of nitrogens with zero attached hydrogens (tertiary/aromatic N) is 1. The van der Waals surface area contributed by atoms with Gasteiger partial charge in [-0.05, 0) is 37.9 Å². The van der Waals surface area contributed by atoms with Crippen LogP contribution in [0.15, 0.2) is 4.99 Å². The van der Waals surface area contributed by atoms with Gasteiger partial charge in [0.15, 0.2) is 5.17 Å². The summed E-state index contributed by atoms with van der Waals surface area (Å²) in [6, 6.07) is 1.23. The number of amidine groups is 1. The zero-order valence-corrected chi connectivity index (χ0v) is 12.7. The molecule has 2 aliphatic rings. The van der Waals surface area contributed by atoms with Gasteiger partial charge in [-0.2, -0.15) is 11.8 Å². The van der Waals surface area contributed by atoms with Crippen LogP contribution >= 0.6 is 23.5 Å². The van der Waals surface area contributed by atoms with Crippen LogP contribution in [0.5, 0.6) is 0 Å². The number of rotatable bonds is 4. The highest BCUT2D eigenvalue weighted by molar-refractivity contribution is 8.14. The van der Waals surface area contributed by atoms with Crippen LogP contribution in [0.2, 0.25) is 0 Å². The Hall–Kier alpha value is 0.170. The maximum absolute atomic E-state index is 4.80. The van der Waals surface area contributed by atoms with Gasteiger partial charge >= 0.3 is 0 Å². The summed E-state index contributed by atoms with van der Waals surface area (Å²) >= 11 is 3.94. The Kier molecular flexibility index (Phi) is 5.10. The third-order valence-electron chi connectivity index (χ3n) is 3.50. The lowest BCUT2D eigenvalue weighted by Crippen LogP contribution is -2.30. The Labute approximate surface area is 114 Å². The maximum atomic E-state index is 4.80. The van der Waals surface area contributed by atoms with Crippen molar-refractivity contribution < 1.29 is 0 Å². The summed E-state index contributed by atoms with van der Waals surface area (Å²) in [7, 11) is 0. The summed E-state index contributed by atoms with van der Waals surface area (Å²) in [6.45, 7) is 4.57. The molecule has 1 saturated carbocycles. The van der Waals surface area contributed by atoms with Crippen molar-refractivity contribution >= 4 is 28.7 Å². The molecule has 0 radical (unpaired) electrons. The van der Waals surface area contributed by atoms with Gasteiger partial charge in [0.25, 0.3) is 0 Å². The van der Waals surface area contributed by atoms with Crippen molar-refractivity contribution in [3.8, 4) is 0 Å². The van der Waals surface area contributed by atoms with E-state index in [1.54, 1.807) is 0 Å². The first kappa shape index (κ1) is 13.6. The average Bonchev–Trinajstić information content (AvgIpc) is 2.88. The summed E-state index contributed by atoms with van der Waals surface area (Å²) in [5, 5.41) is 5.72. The number of hydrogen-bond donors (Lipinski definition) is 1. The molecule has 1 N–H and O–H groups in total. The van der Waals surface area contributed by atoms with E-state index >= 15 is 0 Å². The topological polar surface area (TPSA) is 24.4 Å². The van der Waals surface area contributed by atoms with Crippen LogP contribution in [0.3, 0.4) is 0 Å². The Morgan fingerprint density at radius 3 is 2.94 bits per heavy atom. The van der Waals surface area contributed by atoms with E-state index in [0.29, 0.717) is 12.1 Å². The van der Waals surface area contributed by atoms with Crippen LogP contribution in [0, 0.1) is 5.92 Å². The van der Waals surface area contributed by atoms with Crippen molar-refractivity contribution in [1.29, 1.82) is 0 Å². The Morgan fingerprint density at radius 2 is 2.29 bits per heavy atom. The SMILES string of the molecule is CSC1CCC(NC2=NC(CC(C)C)CS2)C1. The second-order valence-corrected chi connectivity index (χ2v) is 7.69. The normalized spacial score (nSPS) is 33.2. The molecule has 1 aliphatic heterocycles. The number of hydrogen-bond acceptors (Lipinski definition) is 4. The smallest absolute Gasteiger partial charge is 0.157 e. The maximum Gasteiger partial charge on any atom is 0.157 e. The van der Waals surface area contributed by atoms with Crippen molar-refractivity contribution in [2.24, 2.45) is 10.9 Å². The molecule has 3 unspecified atom stereocenters. The molecule has 0 amide bonds. The molecule has 17 heavy (non-hydrogen) atoms. The second-order valence-electron chi connectivity index (χ2n) is 5.54. The zero-order chi connectivity index (χ0) is 12.3. The minimum atomic E-state index is 0.556. The molecule has 0 aromatic carbocycles. The van der Waals surface area contributed by atoms with Crippen molar-refractivity contribution in [3.05, 3.63) is 0 Å². The van der Waals surface area contributed by atoms with E-state index in [2.05, 4.69) is 25.4 Å². The van der Waals surface area contributed by atoms with Crippen LogP contribution in [0.25, 0.3) is 0 Å². The molecule has 0 bridgehead atoms. The highest BCUT2D eigenvalue weighted by atomic mass is 32.2. The molecule has 3 atom stereocenters. The first-order valence-electron chi connectivity index (χ1n) is 6.67. The lowest BCUT2D eigenvalue weighted by atomic mass is 10.1. The van der Waals surface area contributed by atoms with Gasteiger partial charge in [0.05, 0.1) is 6.04 Å². The van der Waals surface area contributed by atoms with E-state index < -0.39 is 0 Å². The fourth-order valence-corrected chi connectivity index (χ4v) is 4.45. The number of thioether (sulfide) groups is 2. The highest BCUT2D eigenvalue weighted by Gasteiger charge is 2.27. The molecular formula is C13H24N2S2. The third kappa shape index (κ3) is 4.09. The van der Waals surface area contributed by atoms with Crippen LogP contribution < -0.4 is 5.32 Å². The fourth-order valence-electron chi connectivity index (χ4n) is 2.62. The Balaban J connectivity index is 1.76. The molecular weight excluding hydrogens is 248 g/mol. The Bertz CT molecular complexity index is 279. The predicted molar refractivity (Wildman–Crippen MR) is 81.2 cm³/mol. The first-order valence-corrected chi connectivity index (χ1v) is 8.94. The summed E-state index contributed by atoms with van der Waals surface area (Å²) in [5.74, 6) is 1.94. The second kappa shape index (κ2) is 6.37. The van der Waals surface area contributed by atoms with E-state index in [0.717, 1.165) is 11.2 Å². The molecule has 0 saturated heterocycles. The van der Waals surface area contributed by atoms with Gasteiger partial charge in [0.1, 0.15) is 0 Å². The van der Waals surface area contributed by atoms with Gasteiger partial charge in [-0.3, -0.25) is 4.99 Å². The molecule has 0 aromatic rings. The van der Waals surface area contributed by atoms with Crippen LogP contribution in [-0.4, -0.2) is 34.5 Å². The predicted octanol–water partition coefficient (Wildman–Crippen LogP) is 3.38. The summed E-state index contributed by atoms with van der Waals surface area (Å²) in [5.41, 5.74) is 0. The van der Waals surface area contributed by atoms with E-state index in [1.807, 2.05) is 23.5 Å². The molecule has 2 nitrogen and oxygen atoms in total. The van der Waals surface area contributed by atoms with Gasteiger partial charge in [-0.1, -0.05) is 25.6 Å². The first-order chi connectivity index (χ1) is 8.17. The lowest BCUT2D eigenvalue weighted by molar-refractivity contribution is 0.527. The quantitative estimate of drug-likeness (QED) is 0.849. The van der Waals surface area contributed by atoms with E-state index in [-0.39, 0.29) is 0 Å². The van der Waals surface area contributed by atoms with Gasteiger partial charge in [-0.15, -0.1) is 0 Å². The van der Waals surface area contributed by atoms with Gasteiger partial charge in [0, 0.05) is 17.0 Å². The van der Waals surface area contributed by atoms with Crippen molar-refractivity contribution in [1.82, 2.24) is 5.32 Å². The Morgan fingerprint density at radius 1 is 1.47 bits per heavy atom. The van der Waals surface area contributed by atoms with Crippen molar-refractivity contribution in [2.45, 2.75) is 56.9 Å². The monoisotopic (exact) mass is 272 g/mol. The van der Waals surface area contributed by atoms with Gasteiger partial charge in [0.2, 0.25) is 0 Å². The van der Waals surface area contributed by atoms with E-state index in [1.165, 1.54) is 36.6 Å². The van der Waals surface area contributed by atoms with Gasteiger partial charge in [-0.25, -0.2) is 0 Å². The largest absolute Gasteiger partial charge is 0.362 e. The molecule has 0 aromatic heterocycles. The summed E-state index contributed by atoms with van der Waals surface area (Å²) in [6.07, 6.45) is 7.46. The molecule has 98 valence electrons. The van der Waals surface area contributed by atoms with Crippen molar-refractivity contribution in [3.63, 3.8) is 0 Å². The highest BCUT2D eigenvalue weighted by Crippen LogP contribution is 2.29. The molecule has 1 fully saturated rings. The molecule has 1 aliphatic carbocycles. The van der Waals surface area contributed by atoms with Crippen molar-refractivity contribution in [2.75, 3.05) is 12.0 Å². The number of nitrogens with one attached hydrogen (secondary N) is 1. The summed E-state index contributed by atoms with van der Waals surface area (Å²) < 4.78 is 0. The lowest BCUT2D eigenvalue weighted by Gasteiger charge is -2.13. The minimum absolute atomic E-state index is 0.556. The number of aliphatic imine (C=N–C) groups is 1. The summed E-state index contributed by atoms with van der Waals surface area (Å²) in [4.78, 5) is 4.80. The zero-order valence-electron chi connectivity index (χ0n) is 11.1. The van der Waals surface area contributed by atoms with Crippen LogP contribution in [0.4, 0.5) is 0 Å². The van der Waals surface area contributed by atoms with Crippen LogP contribution in [-0.2, 0) is 0 Å². The molecule has 4 heteroatoms. The standard InChI is InChI=1S/C13H24N2S2/c1-9(2)6-11-8-17-13(15-11)14-10-4-5-12(7-10)16-3/h9-12H,4-8H2,1-3H3,(H,14,15). The molecule has 1 heterocycles. The fraction of sp³-hybridized carbons (Fsp3) is 0.923. The third-order valence-corrected chi connectivity index (χ3v) is 5.64. The van der Waals surface area contributed by atoms with E-state index in [4.69, 9.17) is 4.99 Å². The van der Waals surface area contributed by atoms with E-state index in [9.17, 15) is 0 Å².